The molecule has 86 valence electrons. The van der Waals surface area contributed by atoms with Gasteiger partial charge < -0.3 is 5.32 Å². The first kappa shape index (κ1) is 12.6. The maximum atomic E-state index is 11.7. The van der Waals surface area contributed by atoms with Gasteiger partial charge in [0.2, 0.25) is 10.0 Å². The van der Waals surface area contributed by atoms with E-state index in [0.29, 0.717) is 18.0 Å². The fourth-order valence-corrected chi connectivity index (χ4v) is 3.66. The molecule has 1 aromatic heterocycles. The zero-order valence-corrected chi connectivity index (χ0v) is 10.5. The third kappa shape index (κ3) is 3.27. The number of nitrogens with one attached hydrogen (secondary N) is 2. The Bertz CT molecular complexity index is 398. The highest BCUT2D eigenvalue weighted by Gasteiger charge is 2.17. The fraction of sp³-hybridized carbons (Fsp3) is 0.556. The van der Waals surface area contributed by atoms with Crippen LogP contribution in [0.3, 0.4) is 0 Å². The van der Waals surface area contributed by atoms with Crippen molar-refractivity contribution in [3.05, 3.63) is 16.3 Å². The first-order valence-corrected chi connectivity index (χ1v) is 7.24. The van der Waals surface area contributed by atoms with E-state index in [1.165, 1.54) is 11.3 Å². The minimum Gasteiger partial charge on any atom is -0.312 e. The van der Waals surface area contributed by atoms with Gasteiger partial charge in [-0.15, -0.1) is 11.3 Å². The van der Waals surface area contributed by atoms with E-state index in [-0.39, 0.29) is 0 Å². The summed E-state index contributed by atoms with van der Waals surface area (Å²) in [6.07, 6.45) is 0. The summed E-state index contributed by atoms with van der Waals surface area (Å²) < 4.78 is 26.0. The van der Waals surface area contributed by atoms with Crippen molar-refractivity contribution in [1.29, 1.82) is 0 Å². The van der Waals surface area contributed by atoms with Gasteiger partial charge in [0.1, 0.15) is 0 Å². The van der Waals surface area contributed by atoms with Crippen LogP contribution in [0.2, 0.25) is 0 Å². The van der Waals surface area contributed by atoms with Crippen molar-refractivity contribution in [3.63, 3.8) is 0 Å². The van der Waals surface area contributed by atoms with Gasteiger partial charge in [-0.3, -0.25) is 0 Å². The summed E-state index contributed by atoms with van der Waals surface area (Å²) in [6, 6.07) is 1.65. The van der Waals surface area contributed by atoms with E-state index in [0.717, 1.165) is 11.4 Å². The van der Waals surface area contributed by atoms with Crippen molar-refractivity contribution in [1.82, 2.24) is 10.0 Å². The van der Waals surface area contributed by atoms with E-state index in [1.54, 1.807) is 18.4 Å². The first-order chi connectivity index (χ1) is 7.11. The van der Waals surface area contributed by atoms with E-state index >= 15 is 0 Å². The fourth-order valence-electron chi connectivity index (χ4n) is 1.20. The molecule has 0 amide bonds. The average molecular weight is 248 g/mol. The summed E-state index contributed by atoms with van der Waals surface area (Å²) in [4.78, 5) is 1.26. The molecule has 0 aliphatic heterocycles. The Morgan fingerprint density at radius 3 is 2.67 bits per heavy atom. The minimum atomic E-state index is -3.31. The summed E-state index contributed by atoms with van der Waals surface area (Å²) in [5.41, 5.74) is 0. The molecule has 0 saturated carbocycles. The van der Waals surface area contributed by atoms with Gasteiger partial charge in [-0.2, -0.15) is 0 Å². The summed E-state index contributed by atoms with van der Waals surface area (Å²) >= 11 is 1.46. The SMILES string of the molecule is CCNCc1sccc1S(=O)(=O)NCC. The minimum absolute atomic E-state index is 0.398. The Balaban J connectivity index is 2.89. The Hall–Kier alpha value is -0.430. The molecule has 15 heavy (non-hydrogen) atoms. The summed E-state index contributed by atoms with van der Waals surface area (Å²) in [5.74, 6) is 0. The van der Waals surface area contributed by atoms with Crippen LogP contribution in [0.25, 0.3) is 0 Å². The highest BCUT2D eigenvalue weighted by atomic mass is 32.2. The Kier molecular flexibility index (Phi) is 4.72. The largest absolute Gasteiger partial charge is 0.312 e. The molecule has 0 unspecified atom stereocenters. The van der Waals surface area contributed by atoms with Crippen molar-refractivity contribution in [2.24, 2.45) is 0 Å². The third-order valence-electron chi connectivity index (χ3n) is 1.86. The quantitative estimate of drug-likeness (QED) is 0.794. The van der Waals surface area contributed by atoms with Crippen LogP contribution >= 0.6 is 11.3 Å². The monoisotopic (exact) mass is 248 g/mol. The molecule has 0 aliphatic rings. The van der Waals surface area contributed by atoms with Crippen molar-refractivity contribution >= 4 is 21.4 Å². The molecule has 0 aromatic carbocycles. The molecule has 1 aromatic rings. The second kappa shape index (κ2) is 5.60. The smallest absolute Gasteiger partial charge is 0.241 e. The topological polar surface area (TPSA) is 58.2 Å². The lowest BCUT2D eigenvalue weighted by Gasteiger charge is -2.05. The van der Waals surface area contributed by atoms with Gasteiger partial charge in [0.15, 0.2) is 0 Å². The predicted molar refractivity (Wildman–Crippen MR) is 62.6 cm³/mol. The maximum absolute atomic E-state index is 11.7. The molecule has 0 atom stereocenters. The molecule has 0 radical (unpaired) electrons. The standard InChI is InChI=1S/C9H16N2O2S2/c1-3-10-7-8-9(5-6-14-8)15(12,13)11-4-2/h5-6,10-11H,3-4,7H2,1-2H3. The number of rotatable bonds is 6. The van der Waals surface area contributed by atoms with Crippen molar-refractivity contribution in [2.75, 3.05) is 13.1 Å². The van der Waals surface area contributed by atoms with Gasteiger partial charge >= 0.3 is 0 Å². The number of thiophene rings is 1. The molecule has 0 aliphatic carbocycles. The summed E-state index contributed by atoms with van der Waals surface area (Å²) in [5, 5.41) is 4.93. The van der Waals surface area contributed by atoms with Gasteiger partial charge in [0.25, 0.3) is 0 Å². The van der Waals surface area contributed by atoms with Gasteiger partial charge in [0.05, 0.1) is 4.90 Å². The van der Waals surface area contributed by atoms with E-state index in [9.17, 15) is 8.42 Å². The van der Waals surface area contributed by atoms with Crippen molar-refractivity contribution < 1.29 is 8.42 Å². The van der Waals surface area contributed by atoms with Crippen LogP contribution in [0.4, 0.5) is 0 Å². The predicted octanol–water partition coefficient (Wildman–Crippen LogP) is 1.16. The molecular formula is C9H16N2O2S2. The highest BCUT2D eigenvalue weighted by Crippen LogP contribution is 2.21. The highest BCUT2D eigenvalue weighted by molar-refractivity contribution is 7.89. The number of hydrogen-bond donors (Lipinski definition) is 2. The van der Waals surface area contributed by atoms with Crippen LogP contribution in [0.1, 0.15) is 18.7 Å². The zero-order chi connectivity index (χ0) is 11.3. The Morgan fingerprint density at radius 1 is 1.33 bits per heavy atom. The zero-order valence-electron chi connectivity index (χ0n) is 8.91. The number of hydrogen-bond acceptors (Lipinski definition) is 4. The van der Waals surface area contributed by atoms with Crippen LogP contribution in [0.15, 0.2) is 16.3 Å². The average Bonchev–Trinajstić information content (AvgIpc) is 2.63. The van der Waals surface area contributed by atoms with Gasteiger partial charge in [0, 0.05) is 18.0 Å². The summed E-state index contributed by atoms with van der Waals surface area (Å²) in [7, 11) is -3.31. The lowest BCUT2D eigenvalue weighted by Crippen LogP contribution is -2.24. The van der Waals surface area contributed by atoms with E-state index in [4.69, 9.17) is 0 Å². The maximum Gasteiger partial charge on any atom is 0.241 e. The molecule has 6 heteroatoms. The Labute approximate surface area is 94.8 Å². The molecule has 2 N–H and O–H groups in total. The van der Waals surface area contributed by atoms with E-state index in [1.807, 2.05) is 6.92 Å². The van der Waals surface area contributed by atoms with Crippen LogP contribution in [-0.4, -0.2) is 21.5 Å². The van der Waals surface area contributed by atoms with E-state index < -0.39 is 10.0 Å². The molecule has 1 heterocycles. The second-order valence-electron chi connectivity index (χ2n) is 2.99. The van der Waals surface area contributed by atoms with E-state index in [2.05, 4.69) is 10.0 Å². The molecule has 0 saturated heterocycles. The molecular weight excluding hydrogens is 232 g/mol. The van der Waals surface area contributed by atoms with Crippen molar-refractivity contribution in [2.45, 2.75) is 25.3 Å². The van der Waals surface area contributed by atoms with Gasteiger partial charge in [-0.05, 0) is 18.0 Å². The molecule has 0 spiro atoms. The summed E-state index contributed by atoms with van der Waals surface area (Å²) in [6.45, 7) is 5.62. The third-order valence-corrected chi connectivity index (χ3v) is 4.54. The second-order valence-corrected chi connectivity index (χ2v) is 5.73. The number of sulfonamides is 1. The molecule has 4 nitrogen and oxygen atoms in total. The van der Waals surface area contributed by atoms with Gasteiger partial charge in [-0.25, -0.2) is 13.1 Å². The first-order valence-electron chi connectivity index (χ1n) is 4.88. The van der Waals surface area contributed by atoms with Crippen LogP contribution in [0, 0.1) is 0 Å². The van der Waals surface area contributed by atoms with Crippen LogP contribution in [0.5, 0.6) is 0 Å². The van der Waals surface area contributed by atoms with Crippen LogP contribution in [-0.2, 0) is 16.6 Å². The van der Waals surface area contributed by atoms with Crippen LogP contribution < -0.4 is 10.0 Å². The van der Waals surface area contributed by atoms with Gasteiger partial charge in [-0.1, -0.05) is 13.8 Å². The lowest BCUT2D eigenvalue weighted by atomic mass is 10.4. The Morgan fingerprint density at radius 2 is 2.07 bits per heavy atom. The molecule has 0 bridgehead atoms. The molecule has 1 rings (SSSR count). The van der Waals surface area contributed by atoms with Crippen molar-refractivity contribution in [3.8, 4) is 0 Å². The normalized spacial score (nSPS) is 11.9. The molecule has 0 fully saturated rings. The lowest BCUT2D eigenvalue weighted by molar-refractivity contribution is 0.582.